The first kappa shape index (κ1) is 14.4. The zero-order valence-electron chi connectivity index (χ0n) is 14.6. The van der Waals surface area contributed by atoms with Crippen molar-refractivity contribution in [3.63, 3.8) is 0 Å². The maximum atomic E-state index is 6.28. The summed E-state index contributed by atoms with van der Waals surface area (Å²) in [5, 5.41) is 4.83. The lowest BCUT2D eigenvalue weighted by Gasteiger charge is -2.13. The summed E-state index contributed by atoms with van der Waals surface area (Å²) in [5.41, 5.74) is 19.5. The number of fused-ring (bicyclic) bond motifs is 3. The Morgan fingerprint density at radius 3 is 1.74 bits per heavy atom. The van der Waals surface area contributed by atoms with Gasteiger partial charge in [-0.25, -0.2) is 0 Å². The van der Waals surface area contributed by atoms with Crippen molar-refractivity contribution >= 4 is 44.0 Å². The molecular weight excluding hydrogens is 330 g/mol. The van der Waals surface area contributed by atoms with Crippen LogP contribution in [-0.4, -0.2) is 4.57 Å². The number of nitrogens with zero attached hydrogens (tertiary/aromatic N) is 1. The second-order valence-electron chi connectivity index (χ2n) is 7.06. The summed E-state index contributed by atoms with van der Waals surface area (Å²) in [5.74, 6) is 0. The fraction of sp³-hybridized carbons (Fsp3) is 0. The van der Waals surface area contributed by atoms with Crippen LogP contribution in [-0.2, 0) is 0 Å². The van der Waals surface area contributed by atoms with Crippen molar-refractivity contribution in [2.24, 2.45) is 11.5 Å². The van der Waals surface area contributed by atoms with Crippen LogP contribution in [0, 0.1) is 0 Å². The lowest BCUT2D eigenvalue weighted by Crippen LogP contribution is -2.01. The summed E-state index contributed by atoms with van der Waals surface area (Å²) in [6.45, 7) is 0. The average Bonchev–Trinajstić information content (AvgIpc) is 3.18. The number of aromatic nitrogens is 1. The van der Waals surface area contributed by atoms with Gasteiger partial charge in [-0.05, 0) is 18.2 Å². The van der Waals surface area contributed by atoms with Gasteiger partial charge in [0.25, 0.3) is 0 Å². The smallest absolute Gasteiger partial charge is 0.0634 e. The van der Waals surface area contributed by atoms with Crippen LogP contribution in [0.1, 0.15) is 11.1 Å². The highest BCUT2D eigenvalue weighted by Crippen LogP contribution is 2.41. The first-order valence-electron chi connectivity index (χ1n) is 9.06. The molecule has 0 bridgehead atoms. The van der Waals surface area contributed by atoms with E-state index in [1.165, 1.54) is 27.2 Å². The summed E-state index contributed by atoms with van der Waals surface area (Å²) in [6, 6.07) is 27.6. The Morgan fingerprint density at radius 1 is 0.519 bits per heavy atom. The fourth-order valence-electron chi connectivity index (χ4n) is 4.51. The van der Waals surface area contributed by atoms with E-state index in [-0.39, 0.29) is 0 Å². The molecule has 0 saturated carbocycles. The predicted molar refractivity (Wildman–Crippen MR) is 113 cm³/mol. The average molecular weight is 347 g/mol. The maximum absolute atomic E-state index is 6.28. The topological polar surface area (TPSA) is 57.0 Å². The van der Waals surface area contributed by atoms with Crippen molar-refractivity contribution in [3.8, 4) is 5.69 Å². The normalized spacial score (nSPS) is 13.3. The standard InChI is InChI=1S/C24H17N3/c25-23-17-9-5-8-16-21(13-12-18(22(16)17)24(23)26)27-19-10-3-1-6-14(19)15-7-2-4-11-20(15)27/h1-13H,25-26H2. The Kier molecular flexibility index (Phi) is 2.63. The lowest BCUT2D eigenvalue weighted by atomic mass is 10.0. The molecule has 4 aromatic carbocycles. The predicted octanol–water partition coefficient (Wildman–Crippen LogP) is 4.99. The number of para-hydroxylation sites is 2. The quantitative estimate of drug-likeness (QED) is 0.449. The molecule has 3 nitrogen and oxygen atoms in total. The minimum absolute atomic E-state index is 0.676. The van der Waals surface area contributed by atoms with E-state index < -0.39 is 0 Å². The highest BCUT2D eigenvalue weighted by atomic mass is 15.0. The van der Waals surface area contributed by atoms with Gasteiger partial charge in [0, 0.05) is 32.7 Å². The van der Waals surface area contributed by atoms with Crippen LogP contribution in [0.5, 0.6) is 0 Å². The van der Waals surface area contributed by atoms with E-state index in [1.807, 2.05) is 0 Å². The first-order valence-corrected chi connectivity index (χ1v) is 9.06. The van der Waals surface area contributed by atoms with Crippen LogP contribution < -0.4 is 11.5 Å². The third-order valence-corrected chi connectivity index (χ3v) is 5.71. The SMILES string of the molecule is NC1=C(N)c2ccc(-n3c4ccccc4c4ccccc43)c3cccc1c23. The molecule has 3 heteroatoms. The van der Waals surface area contributed by atoms with Gasteiger partial charge in [-0.15, -0.1) is 0 Å². The Balaban J connectivity index is 1.82. The fourth-order valence-corrected chi connectivity index (χ4v) is 4.51. The summed E-state index contributed by atoms with van der Waals surface area (Å²) in [4.78, 5) is 0. The molecule has 0 radical (unpaired) electrons. The zero-order chi connectivity index (χ0) is 18.1. The van der Waals surface area contributed by atoms with Gasteiger partial charge in [0.2, 0.25) is 0 Å². The van der Waals surface area contributed by atoms with Gasteiger partial charge in [-0.1, -0.05) is 60.7 Å². The van der Waals surface area contributed by atoms with E-state index in [9.17, 15) is 0 Å². The lowest BCUT2D eigenvalue weighted by molar-refractivity contribution is 1.20. The van der Waals surface area contributed by atoms with Crippen LogP contribution in [0.3, 0.4) is 0 Å². The minimum atomic E-state index is 0.676. The van der Waals surface area contributed by atoms with Gasteiger partial charge >= 0.3 is 0 Å². The molecule has 27 heavy (non-hydrogen) atoms. The molecule has 6 rings (SSSR count). The van der Waals surface area contributed by atoms with Crippen molar-refractivity contribution in [2.75, 3.05) is 0 Å². The molecule has 1 aromatic heterocycles. The molecule has 5 aromatic rings. The Labute approximate surface area is 156 Å². The zero-order valence-corrected chi connectivity index (χ0v) is 14.6. The van der Waals surface area contributed by atoms with E-state index >= 15 is 0 Å². The molecule has 4 N–H and O–H groups in total. The van der Waals surface area contributed by atoms with Gasteiger partial charge in [0.15, 0.2) is 0 Å². The molecule has 0 atom stereocenters. The van der Waals surface area contributed by atoms with E-state index in [1.54, 1.807) is 0 Å². The molecule has 0 aliphatic heterocycles. The highest BCUT2D eigenvalue weighted by Gasteiger charge is 2.23. The molecule has 0 spiro atoms. The van der Waals surface area contributed by atoms with E-state index in [2.05, 4.69) is 83.4 Å². The number of hydrogen-bond donors (Lipinski definition) is 2. The van der Waals surface area contributed by atoms with Gasteiger partial charge < -0.3 is 16.0 Å². The molecule has 0 unspecified atom stereocenters. The molecule has 1 heterocycles. The van der Waals surface area contributed by atoms with Crippen molar-refractivity contribution in [2.45, 2.75) is 0 Å². The molecule has 128 valence electrons. The van der Waals surface area contributed by atoms with Gasteiger partial charge in [-0.2, -0.15) is 0 Å². The summed E-state index contributed by atoms with van der Waals surface area (Å²) < 4.78 is 2.35. The van der Waals surface area contributed by atoms with Crippen molar-refractivity contribution in [3.05, 3.63) is 90.0 Å². The second-order valence-corrected chi connectivity index (χ2v) is 7.06. The van der Waals surface area contributed by atoms with Crippen LogP contribution in [0.15, 0.2) is 78.9 Å². The van der Waals surface area contributed by atoms with Crippen LogP contribution in [0.2, 0.25) is 0 Å². The van der Waals surface area contributed by atoms with Gasteiger partial charge in [0.1, 0.15) is 0 Å². The van der Waals surface area contributed by atoms with Gasteiger partial charge in [-0.3, -0.25) is 0 Å². The van der Waals surface area contributed by atoms with Crippen LogP contribution >= 0.6 is 0 Å². The van der Waals surface area contributed by atoms with Crippen LogP contribution in [0.25, 0.3) is 49.7 Å². The molecular formula is C24H17N3. The van der Waals surface area contributed by atoms with Crippen LogP contribution in [0.4, 0.5) is 0 Å². The minimum Gasteiger partial charge on any atom is -0.397 e. The monoisotopic (exact) mass is 347 g/mol. The Hall–Kier alpha value is -3.72. The Morgan fingerprint density at radius 2 is 1.07 bits per heavy atom. The largest absolute Gasteiger partial charge is 0.397 e. The number of rotatable bonds is 1. The molecule has 0 fully saturated rings. The van der Waals surface area contributed by atoms with Crippen molar-refractivity contribution in [1.29, 1.82) is 0 Å². The number of benzene rings is 4. The van der Waals surface area contributed by atoms with E-state index in [0.717, 1.165) is 22.2 Å². The summed E-state index contributed by atoms with van der Waals surface area (Å²) in [6.07, 6.45) is 0. The highest BCUT2D eigenvalue weighted by molar-refractivity contribution is 6.16. The third kappa shape index (κ3) is 1.71. The first-order chi connectivity index (χ1) is 13.3. The molecule has 1 aliphatic carbocycles. The second kappa shape index (κ2) is 4.92. The summed E-state index contributed by atoms with van der Waals surface area (Å²) >= 11 is 0. The van der Waals surface area contributed by atoms with E-state index in [4.69, 9.17) is 11.5 Å². The van der Waals surface area contributed by atoms with Crippen molar-refractivity contribution < 1.29 is 0 Å². The van der Waals surface area contributed by atoms with Crippen molar-refractivity contribution in [1.82, 2.24) is 4.57 Å². The third-order valence-electron chi connectivity index (χ3n) is 5.71. The molecule has 0 saturated heterocycles. The molecule has 0 amide bonds. The molecule has 1 aliphatic rings. The number of nitrogens with two attached hydrogens (primary N) is 2. The van der Waals surface area contributed by atoms with Gasteiger partial charge in [0.05, 0.1) is 28.1 Å². The Bertz CT molecular complexity index is 1370. The summed E-state index contributed by atoms with van der Waals surface area (Å²) in [7, 11) is 0. The number of hydrogen-bond acceptors (Lipinski definition) is 2. The maximum Gasteiger partial charge on any atom is 0.0634 e. The van der Waals surface area contributed by atoms with E-state index in [0.29, 0.717) is 11.4 Å².